The van der Waals surface area contributed by atoms with E-state index in [2.05, 4.69) is 5.32 Å². The molecule has 1 N–H and O–H groups in total. The van der Waals surface area contributed by atoms with Gasteiger partial charge in [0.2, 0.25) is 5.91 Å². The maximum absolute atomic E-state index is 13.4. The van der Waals surface area contributed by atoms with Crippen molar-refractivity contribution in [1.29, 1.82) is 0 Å². The van der Waals surface area contributed by atoms with Gasteiger partial charge in [0.1, 0.15) is 5.75 Å². The van der Waals surface area contributed by atoms with Gasteiger partial charge < -0.3 is 10.1 Å². The Hall–Kier alpha value is -2.83. The standard InChI is InChI=1S/C25H27ClN2O3S/c1-18-7-13-22(14-8-18)32(30)28(24-6-4-5-23(26)19(24)2)16-15-25(29)27-17-20-9-11-21(31-3)12-10-20/h4-14H,15-17H2,1-3H3,(H,27,29). The van der Waals surface area contributed by atoms with E-state index in [1.807, 2.05) is 74.5 Å². The van der Waals surface area contributed by atoms with Crippen molar-refractivity contribution in [2.45, 2.75) is 31.7 Å². The molecule has 0 radical (unpaired) electrons. The number of hydrogen-bond donors (Lipinski definition) is 1. The zero-order chi connectivity index (χ0) is 23.1. The van der Waals surface area contributed by atoms with Crippen molar-refractivity contribution in [3.63, 3.8) is 0 Å². The molecular formula is C25H27ClN2O3S. The third-order valence-electron chi connectivity index (χ3n) is 5.12. The molecule has 5 nitrogen and oxygen atoms in total. The monoisotopic (exact) mass is 470 g/mol. The minimum atomic E-state index is -1.48. The molecule has 7 heteroatoms. The van der Waals surface area contributed by atoms with Gasteiger partial charge in [-0.25, -0.2) is 4.21 Å². The first-order chi connectivity index (χ1) is 15.4. The average Bonchev–Trinajstić information content (AvgIpc) is 2.81. The maximum Gasteiger partial charge on any atom is 0.222 e. The Labute approximate surface area is 196 Å². The molecule has 0 heterocycles. The molecule has 0 saturated carbocycles. The summed E-state index contributed by atoms with van der Waals surface area (Å²) in [4.78, 5) is 13.2. The number of aryl methyl sites for hydroxylation is 1. The van der Waals surface area contributed by atoms with Crippen LogP contribution in [0.4, 0.5) is 5.69 Å². The lowest BCUT2D eigenvalue weighted by Crippen LogP contribution is -2.32. The molecular weight excluding hydrogens is 444 g/mol. The third-order valence-corrected chi connectivity index (χ3v) is 6.99. The summed E-state index contributed by atoms with van der Waals surface area (Å²) >= 11 is 6.32. The summed E-state index contributed by atoms with van der Waals surface area (Å²) in [5.41, 5.74) is 3.65. The third kappa shape index (κ3) is 6.11. The highest BCUT2D eigenvalue weighted by atomic mass is 35.5. The van der Waals surface area contributed by atoms with Crippen LogP contribution in [0.15, 0.2) is 71.6 Å². The molecule has 0 fully saturated rings. The summed E-state index contributed by atoms with van der Waals surface area (Å²) < 4.78 is 20.3. The summed E-state index contributed by atoms with van der Waals surface area (Å²) in [6.45, 7) is 4.58. The lowest BCUT2D eigenvalue weighted by atomic mass is 10.2. The first kappa shape index (κ1) is 23.8. The van der Waals surface area contributed by atoms with Crippen molar-refractivity contribution < 1.29 is 13.7 Å². The van der Waals surface area contributed by atoms with Gasteiger partial charge in [-0.3, -0.25) is 9.10 Å². The molecule has 1 amide bonds. The number of nitrogens with one attached hydrogen (secondary N) is 1. The van der Waals surface area contributed by atoms with E-state index in [4.69, 9.17) is 16.3 Å². The molecule has 1 unspecified atom stereocenters. The largest absolute Gasteiger partial charge is 0.497 e. The van der Waals surface area contributed by atoms with E-state index >= 15 is 0 Å². The highest BCUT2D eigenvalue weighted by Gasteiger charge is 2.20. The molecule has 32 heavy (non-hydrogen) atoms. The van der Waals surface area contributed by atoms with Crippen molar-refractivity contribution in [3.8, 4) is 5.75 Å². The van der Waals surface area contributed by atoms with Crippen molar-refractivity contribution in [3.05, 3.63) is 88.4 Å². The van der Waals surface area contributed by atoms with Gasteiger partial charge in [0, 0.05) is 24.5 Å². The number of hydrogen-bond acceptors (Lipinski definition) is 3. The van der Waals surface area contributed by atoms with Crippen LogP contribution >= 0.6 is 11.6 Å². The van der Waals surface area contributed by atoms with Crippen molar-refractivity contribution >= 4 is 34.2 Å². The number of carbonyl (C=O) groups is 1. The Morgan fingerprint density at radius 3 is 2.38 bits per heavy atom. The van der Waals surface area contributed by atoms with E-state index in [9.17, 15) is 9.00 Å². The lowest BCUT2D eigenvalue weighted by Gasteiger charge is -2.25. The molecule has 3 rings (SSSR count). The Bertz CT molecular complexity index is 1090. The predicted molar refractivity (Wildman–Crippen MR) is 131 cm³/mol. The smallest absolute Gasteiger partial charge is 0.222 e. The van der Waals surface area contributed by atoms with Crippen LogP contribution in [-0.4, -0.2) is 23.8 Å². The Morgan fingerprint density at radius 1 is 1.03 bits per heavy atom. The fraction of sp³-hybridized carbons (Fsp3) is 0.240. The molecule has 1 atom stereocenters. The van der Waals surface area contributed by atoms with Gasteiger partial charge in [-0.15, -0.1) is 0 Å². The van der Waals surface area contributed by atoms with Crippen LogP contribution in [0.1, 0.15) is 23.1 Å². The summed E-state index contributed by atoms with van der Waals surface area (Å²) in [5, 5.41) is 3.52. The van der Waals surface area contributed by atoms with Gasteiger partial charge in [0.05, 0.1) is 17.7 Å². The van der Waals surface area contributed by atoms with Crippen molar-refractivity contribution in [2.24, 2.45) is 0 Å². The molecule has 3 aromatic carbocycles. The first-order valence-corrected chi connectivity index (χ1v) is 11.8. The SMILES string of the molecule is COc1ccc(CNC(=O)CCN(c2cccc(Cl)c2C)S(=O)c2ccc(C)cc2)cc1. The van der Waals surface area contributed by atoms with E-state index in [-0.39, 0.29) is 18.9 Å². The molecule has 168 valence electrons. The quantitative estimate of drug-likeness (QED) is 0.467. The Morgan fingerprint density at radius 2 is 1.72 bits per heavy atom. The summed E-state index contributed by atoms with van der Waals surface area (Å²) in [6.07, 6.45) is 0.194. The minimum absolute atomic E-state index is 0.119. The van der Waals surface area contributed by atoms with Gasteiger partial charge in [-0.05, 0) is 61.4 Å². The molecule has 0 aliphatic carbocycles. The highest BCUT2D eigenvalue weighted by molar-refractivity contribution is 7.86. The number of carbonyl (C=O) groups excluding carboxylic acids is 1. The summed E-state index contributed by atoms with van der Waals surface area (Å²) in [6, 6.07) is 20.6. The summed E-state index contributed by atoms with van der Waals surface area (Å²) in [7, 11) is 0.137. The zero-order valence-electron chi connectivity index (χ0n) is 18.4. The van der Waals surface area contributed by atoms with E-state index in [1.165, 1.54) is 0 Å². The van der Waals surface area contributed by atoms with Crippen LogP contribution in [0, 0.1) is 13.8 Å². The van der Waals surface area contributed by atoms with Gasteiger partial charge in [0.15, 0.2) is 11.0 Å². The maximum atomic E-state index is 13.4. The van der Waals surface area contributed by atoms with Gasteiger partial charge in [-0.2, -0.15) is 0 Å². The highest BCUT2D eigenvalue weighted by Crippen LogP contribution is 2.29. The molecule has 0 aromatic heterocycles. The topological polar surface area (TPSA) is 58.6 Å². The molecule has 0 spiro atoms. The van der Waals surface area contributed by atoms with E-state index in [0.29, 0.717) is 16.5 Å². The number of benzene rings is 3. The van der Waals surface area contributed by atoms with Gasteiger partial charge in [0.25, 0.3) is 0 Å². The number of amides is 1. The second-order valence-electron chi connectivity index (χ2n) is 7.42. The molecule has 0 bridgehead atoms. The van der Waals surface area contributed by atoms with Crippen LogP contribution < -0.4 is 14.4 Å². The minimum Gasteiger partial charge on any atom is -0.497 e. The number of methoxy groups -OCH3 is 1. The van der Waals surface area contributed by atoms with Crippen molar-refractivity contribution in [1.82, 2.24) is 5.32 Å². The first-order valence-electron chi connectivity index (χ1n) is 10.3. The fourth-order valence-corrected chi connectivity index (χ4v) is 4.60. The lowest BCUT2D eigenvalue weighted by molar-refractivity contribution is -0.121. The Balaban J connectivity index is 1.71. The van der Waals surface area contributed by atoms with Crippen molar-refractivity contribution in [2.75, 3.05) is 18.0 Å². The average molecular weight is 471 g/mol. The number of rotatable bonds is 9. The molecule has 0 aliphatic heterocycles. The van der Waals surface area contributed by atoms with E-state index < -0.39 is 11.0 Å². The predicted octanol–water partition coefficient (Wildman–Crippen LogP) is 5.20. The van der Waals surface area contributed by atoms with Gasteiger partial charge in [-0.1, -0.05) is 47.5 Å². The van der Waals surface area contributed by atoms with Crippen LogP contribution in [0.25, 0.3) is 0 Å². The zero-order valence-corrected chi connectivity index (χ0v) is 20.0. The van der Waals surface area contributed by atoms with Crippen LogP contribution in [-0.2, 0) is 22.3 Å². The number of anilines is 1. The second-order valence-corrected chi connectivity index (χ2v) is 9.24. The molecule has 0 saturated heterocycles. The van der Waals surface area contributed by atoms with Gasteiger partial charge >= 0.3 is 0 Å². The van der Waals surface area contributed by atoms with Crippen LogP contribution in [0.5, 0.6) is 5.75 Å². The normalized spacial score (nSPS) is 11.6. The number of ether oxygens (including phenoxy) is 1. The fourth-order valence-electron chi connectivity index (χ4n) is 3.18. The number of halogens is 1. The van der Waals surface area contributed by atoms with E-state index in [1.54, 1.807) is 17.5 Å². The van der Waals surface area contributed by atoms with Crippen LogP contribution in [0.2, 0.25) is 5.02 Å². The van der Waals surface area contributed by atoms with Crippen LogP contribution in [0.3, 0.4) is 0 Å². The second kappa shape index (κ2) is 11.2. The Kier molecular flexibility index (Phi) is 8.31. The molecule has 3 aromatic rings. The summed E-state index contributed by atoms with van der Waals surface area (Å²) in [5.74, 6) is 0.651. The number of nitrogens with zero attached hydrogens (tertiary/aromatic N) is 1. The molecule has 0 aliphatic rings. The van der Waals surface area contributed by atoms with E-state index in [0.717, 1.165) is 28.1 Å².